The van der Waals surface area contributed by atoms with E-state index in [4.69, 9.17) is 0 Å². The number of carbonyl (C=O) groups excluding carboxylic acids is 1. The van der Waals surface area contributed by atoms with Gasteiger partial charge in [0, 0.05) is 42.5 Å². The highest BCUT2D eigenvalue weighted by molar-refractivity contribution is 6.07. The van der Waals surface area contributed by atoms with Crippen LogP contribution >= 0.6 is 0 Å². The Morgan fingerprint density at radius 2 is 1.87 bits per heavy atom. The van der Waals surface area contributed by atoms with Crippen LogP contribution in [0.1, 0.15) is 17.5 Å². The fourth-order valence-corrected chi connectivity index (χ4v) is 4.55. The number of hydrogen-bond donors (Lipinski definition) is 2. The number of para-hydroxylation sites is 1. The molecule has 31 heavy (non-hydrogen) atoms. The molecule has 0 radical (unpaired) electrons. The van der Waals surface area contributed by atoms with Gasteiger partial charge in [0.25, 0.3) is 5.56 Å². The van der Waals surface area contributed by atoms with Gasteiger partial charge in [-0.3, -0.25) is 14.5 Å². The zero-order chi connectivity index (χ0) is 21.2. The number of fused-ring (bicyclic) bond motifs is 4. The molecule has 1 aliphatic heterocycles. The van der Waals surface area contributed by atoms with Crippen molar-refractivity contribution >= 4 is 27.7 Å². The molecule has 0 fully saturated rings. The van der Waals surface area contributed by atoms with E-state index in [-0.39, 0.29) is 18.0 Å². The van der Waals surface area contributed by atoms with Crippen molar-refractivity contribution in [2.45, 2.75) is 25.9 Å². The summed E-state index contributed by atoms with van der Waals surface area (Å²) >= 11 is 0. The molecule has 5 rings (SSSR count). The number of aromatic nitrogens is 3. The number of rotatable bonds is 6. The van der Waals surface area contributed by atoms with Crippen LogP contribution in [0.15, 0.2) is 59.5 Å². The summed E-state index contributed by atoms with van der Waals surface area (Å²) in [6.07, 6.45) is 3.62. The predicted octanol–water partition coefficient (Wildman–Crippen LogP) is 2.44. The van der Waals surface area contributed by atoms with Gasteiger partial charge in [0.15, 0.2) is 0 Å². The second-order valence-electron chi connectivity index (χ2n) is 8.06. The highest BCUT2D eigenvalue weighted by Gasteiger charge is 2.17. The maximum absolute atomic E-state index is 12.7. The van der Waals surface area contributed by atoms with Crippen molar-refractivity contribution < 1.29 is 4.79 Å². The van der Waals surface area contributed by atoms with Gasteiger partial charge in [-0.25, -0.2) is 5.10 Å². The highest BCUT2D eigenvalue weighted by atomic mass is 16.2. The second kappa shape index (κ2) is 8.35. The van der Waals surface area contributed by atoms with E-state index in [2.05, 4.69) is 44.7 Å². The van der Waals surface area contributed by atoms with Gasteiger partial charge in [0.05, 0.1) is 6.20 Å². The number of H-pyrrole nitrogens is 1. The lowest BCUT2D eigenvalue weighted by Crippen LogP contribution is -2.34. The molecular weight excluding hydrogens is 390 g/mol. The third-order valence-electron chi connectivity index (χ3n) is 6.07. The monoisotopic (exact) mass is 415 g/mol. The normalized spacial score (nSPS) is 14.1. The largest absolute Gasteiger partial charge is 0.355 e. The van der Waals surface area contributed by atoms with Crippen LogP contribution in [-0.2, 0) is 24.3 Å². The SMILES string of the molecule is O=C(Cn1c2ccccc2c2cn[nH]c(=O)c21)NCCCN1CCc2ccccc2C1. The molecule has 1 amide bonds. The van der Waals surface area contributed by atoms with Crippen LogP contribution in [0.2, 0.25) is 0 Å². The summed E-state index contributed by atoms with van der Waals surface area (Å²) < 4.78 is 1.78. The van der Waals surface area contributed by atoms with Crippen molar-refractivity contribution in [2.24, 2.45) is 0 Å². The zero-order valence-electron chi connectivity index (χ0n) is 17.3. The van der Waals surface area contributed by atoms with Crippen LogP contribution in [0.3, 0.4) is 0 Å². The van der Waals surface area contributed by atoms with E-state index in [0.717, 1.165) is 48.8 Å². The van der Waals surface area contributed by atoms with E-state index >= 15 is 0 Å². The first kappa shape index (κ1) is 19.5. The van der Waals surface area contributed by atoms with Crippen molar-refractivity contribution in [3.05, 3.63) is 76.2 Å². The summed E-state index contributed by atoms with van der Waals surface area (Å²) in [7, 11) is 0. The van der Waals surface area contributed by atoms with Crippen LogP contribution in [-0.4, -0.2) is 45.2 Å². The Morgan fingerprint density at radius 1 is 1.06 bits per heavy atom. The first-order valence-corrected chi connectivity index (χ1v) is 10.7. The van der Waals surface area contributed by atoms with Crippen LogP contribution in [0, 0.1) is 0 Å². The van der Waals surface area contributed by atoms with Crippen molar-refractivity contribution in [3.8, 4) is 0 Å². The third-order valence-corrected chi connectivity index (χ3v) is 6.07. The number of aromatic amines is 1. The summed E-state index contributed by atoms with van der Waals surface area (Å²) in [6.45, 7) is 3.71. The molecule has 158 valence electrons. The molecule has 0 aliphatic carbocycles. The first-order chi connectivity index (χ1) is 15.2. The molecule has 0 atom stereocenters. The predicted molar refractivity (Wildman–Crippen MR) is 121 cm³/mol. The standard InChI is InChI=1S/C24H25N5O2/c30-22(25-11-5-12-28-13-10-17-6-1-2-7-18(17)15-28)16-29-21-9-4-3-8-19(21)20-14-26-27-24(31)23(20)29/h1-4,6-9,14H,5,10-13,15-16H2,(H,25,30)(H,27,31). The minimum absolute atomic E-state index is 0.0946. The van der Waals surface area contributed by atoms with Gasteiger partial charge >= 0.3 is 0 Å². The molecule has 3 heterocycles. The minimum Gasteiger partial charge on any atom is -0.355 e. The Balaban J connectivity index is 1.21. The number of amides is 1. The van der Waals surface area contributed by atoms with E-state index in [1.165, 1.54) is 11.1 Å². The molecule has 7 heteroatoms. The first-order valence-electron chi connectivity index (χ1n) is 10.7. The molecular formula is C24H25N5O2. The van der Waals surface area contributed by atoms with Gasteiger partial charge in [0.1, 0.15) is 12.1 Å². The Morgan fingerprint density at radius 3 is 2.77 bits per heavy atom. The van der Waals surface area contributed by atoms with E-state index in [1.54, 1.807) is 10.8 Å². The molecule has 0 saturated carbocycles. The summed E-state index contributed by atoms with van der Waals surface area (Å²) in [5.74, 6) is -0.0946. The van der Waals surface area contributed by atoms with Crippen molar-refractivity contribution in [2.75, 3.05) is 19.6 Å². The van der Waals surface area contributed by atoms with Crippen molar-refractivity contribution in [1.82, 2.24) is 25.0 Å². The quantitative estimate of drug-likeness (QED) is 0.474. The van der Waals surface area contributed by atoms with E-state index in [9.17, 15) is 9.59 Å². The molecule has 4 aromatic rings. The molecule has 0 unspecified atom stereocenters. The maximum Gasteiger partial charge on any atom is 0.288 e. The molecule has 0 spiro atoms. The average molecular weight is 415 g/mol. The average Bonchev–Trinajstić information content (AvgIpc) is 3.11. The van der Waals surface area contributed by atoms with E-state index in [1.807, 2.05) is 24.3 Å². The third kappa shape index (κ3) is 3.84. The van der Waals surface area contributed by atoms with Gasteiger partial charge in [-0.15, -0.1) is 0 Å². The molecule has 0 saturated heterocycles. The fraction of sp³-hybridized carbons (Fsp3) is 0.292. The summed E-state index contributed by atoms with van der Waals surface area (Å²) in [4.78, 5) is 27.5. The lowest BCUT2D eigenvalue weighted by Gasteiger charge is -2.28. The second-order valence-corrected chi connectivity index (χ2v) is 8.06. The van der Waals surface area contributed by atoms with Crippen LogP contribution in [0.4, 0.5) is 0 Å². The number of hydrogen-bond acceptors (Lipinski definition) is 4. The Hall–Kier alpha value is -3.45. The number of carbonyl (C=O) groups is 1. The fourth-order valence-electron chi connectivity index (χ4n) is 4.55. The van der Waals surface area contributed by atoms with Crippen LogP contribution < -0.4 is 10.9 Å². The zero-order valence-corrected chi connectivity index (χ0v) is 17.3. The number of benzene rings is 2. The molecule has 2 aromatic heterocycles. The topological polar surface area (TPSA) is 83.0 Å². The number of nitrogens with one attached hydrogen (secondary N) is 2. The van der Waals surface area contributed by atoms with Crippen molar-refractivity contribution in [1.29, 1.82) is 0 Å². The molecule has 0 bridgehead atoms. The molecule has 2 aromatic carbocycles. The van der Waals surface area contributed by atoms with Gasteiger partial charge < -0.3 is 9.88 Å². The van der Waals surface area contributed by atoms with Gasteiger partial charge in [-0.05, 0) is 30.0 Å². The van der Waals surface area contributed by atoms with E-state index in [0.29, 0.717) is 12.1 Å². The summed E-state index contributed by atoms with van der Waals surface area (Å²) in [6, 6.07) is 16.3. The Bertz CT molecular complexity index is 1310. The summed E-state index contributed by atoms with van der Waals surface area (Å²) in [5.41, 5.74) is 3.91. The van der Waals surface area contributed by atoms with Crippen LogP contribution in [0.5, 0.6) is 0 Å². The van der Waals surface area contributed by atoms with E-state index < -0.39 is 0 Å². The summed E-state index contributed by atoms with van der Waals surface area (Å²) in [5, 5.41) is 11.1. The highest BCUT2D eigenvalue weighted by Crippen LogP contribution is 2.25. The smallest absolute Gasteiger partial charge is 0.288 e. The van der Waals surface area contributed by atoms with Crippen molar-refractivity contribution in [3.63, 3.8) is 0 Å². The lowest BCUT2D eigenvalue weighted by atomic mass is 10.00. The van der Waals surface area contributed by atoms with Gasteiger partial charge in [-0.2, -0.15) is 5.10 Å². The molecule has 7 nitrogen and oxygen atoms in total. The maximum atomic E-state index is 12.7. The number of nitrogens with zero attached hydrogens (tertiary/aromatic N) is 3. The Kier molecular flexibility index (Phi) is 5.26. The Labute approximate surface area is 179 Å². The lowest BCUT2D eigenvalue weighted by molar-refractivity contribution is -0.121. The van der Waals surface area contributed by atoms with Crippen LogP contribution in [0.25, 0.3) is 21.8 Å². The minimum atomic E-state index is -0.285. The van der Waals surface area contributed by atoms with Gasteiger partial charge in [-0.1, -0.05) is 42.5 Å². The van der Waals surface area contributed by atoms with Gasteiger partial charge in [0.2, 0.25) is 5.91 Å². The molecule has 2 N–H and O–H groups in total. The molecule has 1 aliphatic rings.